The Morgan fingerprint density at radius 1 is 1.36 bits per heavy atom. The summed E-state index contributed by atoms with van der Waals surface area (Å²) in [5, 5.41) is 9.29. The smallest absolute Gasteiger partial charge is 0.114 e. The van der Waals surface area contributed by atoms with Gasteiger partial charge in [0, 0.05) is 12.5 Å². The van der Waals surface area contributed by atoms with Crippen molar-refractivity contribution in [3.8, 4) is 6.07 Å². The lowest BCUT2D eigenvalue weighted by Crippen LogP contribution is -2.15. The standard InChI is InChI=1S/C12H11NO/c13-8-12(9-4-2-1-3-5-9)10-6-7-14-11(10)12/h1-5,10-11H,6-7H2/t10-,11+,12-/m0/s1. The van der Waals surface area contributed by atoms with E-state index < -0.39 is 0 Å². The minimum absolute atomic E-state index is 0.162. The maximum Gasteiger partial charge on any atom is 0.114 e. The summed E-state index contributed by atoms with van der Waals surface area (Å²) in [6.45, 7) is 0.825. The summed E-state index contributed by atoms with van der Waals surface area (Å²) in [6.07, 6.45) is 1.20. The molecule has 3 rings (SSSR count). The molecule has 2 aliphatic rings. The quantitative estimate of drug-likeness (QED) is 0.669. The van der Waals surface area contributed by atoms with Crippen molar-refractivity contribution in [2.75, 3.05) is 6.61 Å². The Kier molecular flexibility index (Phi) is 1.48. The minimum Gasteiger partial charge on any atom is -0.376 e. The van der Waals surface area contributed by atoms with Crippen LogP contribution in [0.25, 0.3) is 0 Å². The van der Waals surface area contributed by atoms with E-state index in [0.717, 1.165) is 18.6 Å². The average molecular weight is 185 g/mol. The molecular weight excluding hydrogens is 174 g/mol. The highest BCUT2D eigenvalue weighted by Crippen LogP contribution is 2.60. The predicted octanol–water partition coefficient (Wildman–Crippen LogP) is 1.87. The largest absolute Gasteiger partial charge is 0.376 e. The Morgan fingerprint density at radius 3 is 2.71 bits per heavy atom. The average Bonchev–Trinajstić information content (AvgIpc) is 2.62. The van der Waals surface area contributed by atoms with E-state index in [1.807, 2.05) is 30.3 Å². The van der Waals surface area contributed by atoms with E-state index in [-0.39, 0.29) is 11.5 Å². The second-order valence-electron chi connectivity index (χ2n) is 4.03. The lowest BCUT2D eigenvalue weighted by molar-refractivity contribution is 0.139. The maximum atomic E-state index is 9.29. The molecule has 1 saturated heterocycles. The summed E-state index contributed by atoms with van der Waals surface area (Å²) in [7, 11) is 0. The van der Waals surface area contributed by atoms with E-state index in [4.69, 9.17) is 4.74 Å². The highest BCUT2D eigenvalue weighted by Gasteiger charge is 2.69. The van der Waals surface area contributed by atoms with Gasteiger partial charge in [-0.1, -0.05) is 30.3 Å². The molecule has 14 heavy (non-hydrogen) atoms. The van der Waals surface area contributed by atoms with Crippen LogP contribution >= 0.6 is 0 Å². The molecule has 0 bridgehead atoms. The first-order valence-electron chi connectivity index (χ1n) is 4.98. The Hall–Kier alpha value is -1.33. The normalized spacial score (nSPS) is 38.8. The topological polar surface area (TPSA) is 33.0 Å². The van der Waals surface area contributed by atoms with Gasteiger partial charge >= 0.3 is 0 Å². The summed E-state index contributed by atoms with van der Waals surface area (Å²) in [5.74, 6) is 0.440. The van der Waals surface area contributed by atoms with Crippen molar-refractivity contribution in [1.82, 2.24) is 0 Å². The van der Waals surface area contributed by atoms with E-state index in [9.17, 15) is 5.26 Å². The van der Waals surface area contributed by atoms with Gasteiger partial charge in [0.1, 0.15) is 5.41 Å². The third kappa shape index (κ3) is 0.784. The van der Waals surface area contributed by atoms with E-state index in [0.29, 0.717) is 5.92 Å². The highest BCUT2D eigenvalue weighted by atomic mass is 16.5. The number of benzene rings is 1. The molecule has 1 aromatic rings. The third-order valence-corrected chi connectivity index (χ3v) is 3.45. The molecule has 2 heteroatoms. The van der Waals surface area contributed by atoms with Crippen LogP contribution in [0, 0.1) is 17.2 Å². The van der Waals surface area contributed by atoms with Crippen molar-refractivity contribution in [1.29, 1.82) is 5.26 Å². The molecule has 70 valence electrons. The third-order valence-electron chi connectivity index (χ3n) is 3.45. The van der Waals surface area contributed by atoms with Crippen molar-refractivity contribution in [3.05, 3.63) is 35.9 Å². The van der Waals surface area contributed by atoms with Crippen LogP contribution in [0.1, 0.15) is 12.0 Å². The van der Waals surface area contributed by atoms with Crippen molar-refractivity contribution < 1.29 is 4.74 Å². The first-order valence-corrected chi connectivity index (χ1v) is 4.98. The molecule has 1 aliphatic carbocycles. The molecule has 2 nitrogen and oxygen atoms in total. The number of ether oxygens (including phenoxy) is 1. The molecule has 0 aromatic heterocycles. The monoisotopic (exact) mass is 185 g/mol. The zero-order valence-corrected chi connectivity index (χ0v) is 7.81. The zero-order chi connectivity index (χ0) is 9.60. The van der Waals surface area contributed by atoms with Gasteiger partial charge in [0.2, 0.25) is 0 Å². The van der Waals surface area contributed by atoms with Crippen LogP contribution in [0.4, 0.5) is 0 Å². The van der Waals surface area contributed by atoms with E-state index >= 15 is 0 Å². The van der Waals surface area contributed by atoms with Gasteiger partial charge in [-0.15, -0.1) is 0 Å². The second kappa shape index (κ2) is 2.59. The number of nitrogens with zero attached hydrogens (tertiary/aromatic N) is 1. The van der Waals surface area contributed by atoms with E-state index in [2.05, 4.69) is 6.07 Å². The molecular formula is C12H11NO. The van der Waals surface area contributed by atoms with Crippen LogP contribution in [0.5, 0.6) is 0 Å². The van der Waals surface area contributed by atoms with Gasteiger partial charge in [0.15, 0.2) is 0 Å². The van der Waals surface area contributed by atoms with Crippen LogP contribution in [-0.2, 0) is 10.2 Å². The maximum absolute atomic E-state index is 9.29. The lowest BCUT2D eigenvalue weighted by atomic mass is 9.93. The first kappa shape index (κ1) is 8.02. The molecule has 0 unspecified atom stereocenters. The molecule has 0 radical (unpaired) electrons. The molecule has 2 fully saturated rings. The van der Waals surface area contributed by atoms with Crippen molar-refractivity contribution >= 4 is 0 Å². The molecule has 1 aliphatic heterocycles. The Balaban J connectivity index is 2.03. The second-order valence-corrected chi connectivity index (χ2v) is 4.03. The van der Waals surface area contributed by atoms with E-state index in [1.54, 1.807) is 0 Å². The molecule has 0 amide bonds. The fraction of sp³-hybridized carbons (Fsp3) is 0.417. The van der Waals surface area contributed by atoms with Crippen molar-refractivity contribution in [2.24, 2.45) is 5.92 Å². The number of nitriles is 1. The Bertz CT molecular complexity index is 383. The molecule has 0 N–H and O–H groups in total. The van der Waals surface area contributed by atoms with Crippen molar-refractivity contribution in [2.45, 2.75) is 17.9 Å². The van der Waals surface area contributed by atoms with Gasteiger partial charge in [0.05, 0.1) is 12.2 Å². The summed E-state index contributed by atoms with van der Waals surface area (Å²) >= 11 is 0. The number of hydrogen-bond donors (Lipinski definition) is 0. The van der Waals surface area contributed by atoms with Gasteiger partial charge < -0.3 is 4.74 Å². The molecule has 1 heterocycles. The number of hydrogen-bond acceptors (Lipinski definition) is 2. The van der Waals surface area contributed by atoms with Crippen LogP contribution in [-0.4, -0.2) is 12.7 Å². The number of fused-ring (bicyclic) bond motifs is 1. The predicted molar refractivity (Wildman–Crippen MR) is 51.6 cm³/mol. The van der Waals surface area contributed by atoms with Crippen LogP contribution in [0.2, 0.25) is 0 Å². The molecule has 1 saturated carbocycles. The fourth-order valence-electron chi connectivity index (χ4n) is 2.68. The highest BCUT2D eigenvalue weighted by molar-refractivity contribution is 5.46. The van der Waals surface area contributed by atoms with E-state index in [1.165, 1.54) is 0 Å². The molecule has 0 spiro atoms. The fourth-order valence-corrected chi connectivity index (χ4v) is 2.68. The van der Waals surface area contributed by atoms with Gasteiger partial charge in [-0.2, -0.15) is 5.26 Å². The van der Waals surface area contributed by atoms with Gasteiger partial charge in [-0.05, 0) is 12.0 Å². The minimum atomic E-state index is -0.320. The van der Waals surface area contributed by atoms with Gasteiger partial charge in [0.25, 0.3) is 0 Å². The zero-order valence-electron chi connectivity index (χ0n) is 7.81. The summed E-state index contributed by atoms with van der Waals surface area (Å²) in [5.41, 5.74) is 0.802. The number of rotatable bonds is 1. The van der Waals surface area contributed by atoms with Gasteiger partial charge in [-0.3, -0.25) is 0 Å². The van der Waals surface area contributed by atoms with Crippen LogP contribution < -0.4 is 0 Å². The SMILES string of the molecule is N#C[C@@]1(c2ccccc2)[C@@H]2OCC[C@@H]21. The summed E-state index contributed by atoms with van der Waals surface area (Å²) < 4.78 is 5.57. The Morgan fingerprint density at radius 2 is 2.14 bits per heavy atom. The lowest BCUT2D eigenvalue weighted by Gasteiger charge is -2.12. The van der Waals surface area contributed by atoms with Crippen molar-refractivity contribution in [3.63, 3.8) is 0 Å². The first-order chi connectivity index (χ1) is 6.89. The van der Waals surface area contributed by atoms with Crippen LogP contribution in [0.3, 0.4) is 0 Å². The molecule has 1 aromatic carbocycles. The van der Waals surface area contributed by atoms with Crippen LogP contribution in [0.15, 0.2) is 30.3 Å². The van der Waals surface area contributed by atoms with Gasteiger partial charge in [-0.25, -0.2) is 0 Å². The summed E-state index contributed by atoms with van der Waals surface area (Å²) in [4.78, 5) is 0. The Labute approximate surface area is 83.1 Å². The summed E-state index contributed by atoms with van der Waals surface area (Å²) in [6, 6.07) is 12.5. The molecule has 3 atom stereocenters.